The van der Waals surface area contributed by atoms with Gasteiger partial charge in [0.1, 0.15) is 5.76 Å². The topological polar surface area (TPSA) is 62.5 Å². The van der Waals surface area contributed by atoms with Gasteiger partial charge in [-0.05, 0) is 31.7 Å². The summed E-state index contributed by atoms with van der Waals surface area (Å²) >= 11 is 0. The predicted octanol–water partition coefficient (Wildman–Crippen LogP) is 2.95. The Hall–Kier alpha value is -1.29. The molecule has 0 bridgehead atoms. The highest BCUT2D eigenvalue weighted by Gasteiger charge is 2.21. The smallest absolute Gasteiger partial charge is 0.372 e. The third kappa shape index (κ3) is 2.93. The first-order chi connectivity index (χ1) is 8.58. The van der Waals surface area contributed by atoms with E-state index >= 15 is 0 Å². The maximum Gasteiger partial charge on any atom is 0.372 e. The first-order valence-corrected chi connectivity index (χ1v) is 6.64. The number of hydrogen-bond acceptors (Lipinski definition) is 3. The lowest BCUT2D eigenvalue weighted by atomic mass is 9.86. The zero-order valence-electron chi connectivity index (χ0n) is 11.0. The van der Waals surface area contributed by atoms with Crippen LogP contribution in [0.15, 0.2) is 10.5 Å². The van der Waals surface area contributed by atoms with Gasteiger partial charge >= 0.3 is 5.97 Å². The number of furan rings is 1. The van der Waals surface area contributed by atoms with Gasteiger partial charge < -0.3 is 14.8 Å². The molecule has 0 saturated heterocycles. The van der Waals surface area contributed by atoms with Crippen LogP contribution in [0.1, 0.15) is 54.5 Å². The second-order valence-electron chi connectivity index (χ2n) is 5.28. The van der Waals surface area contributed by atoms with E-state index in [1.54, 1.807) is 6.92 Å². The fourth-order valence-electron chi connectivity index (χ4n) is 2.70. The molecule has 2 unspecified atom stereocenters. The molecule has 18 heavy (non-hydrogen) atoms. The van der Waals surface area contributed by atoms with E-state index in [4.69, 9.17) is 9.52 Å². The van der Waals surface area contributed by atoms with Crippen LogP contribution in [0.5, 0.6) is 0 Å². The Balaban J connectivity index is 1.93. The summed E-state index contributed by atoms with van der Waals surface area (Å²) in [6.45, 7) is 4.65. The average molecular weight is 251 g/mol. The van der Waals surface area contributed by atoms with Gasteiger partial charge in [-0.15, -0.1) is 0 Å². The summed E-state index contributed by atoms with van der Waals surface area (Å²) in [4.78, 5) is 10.9. The standard InChI is InChI=1S/C14H21NO3/c1-9-5-3-4-6-12(9)15-8-11-7-10(2)13(18-11)14(16)17/h7,9,12,15H,3-6,8H2,1-2H3,(H,16,17). The largest absolute Gasteiger partial charge is 0.475 e. The second kappa shape index (κ2) is 5.57. The van der Waals surface area contributed by atoms with Crippen LogP contribution in [-0.4, -0.2) is 17.1 Å². The van der Waals surface area contributed by atoms with Gasteiger partial charge in [0, 0.05) is 11.6 Å². The number of nitrogens with one attached hydrogen (secondary N) is 1. The molecule has 1 saturated carbocycles. The highest BCUT2D eigenvalue weighted by Crippen LogP contribution is 2.24. The molecule has 4 heteroatoms. The lowest BCUT2D eigenvalue weighted by Gasteiger charge is -2.29. The minimum absolute atomic E-state index is 0.0588. The molecule has 2 N–H and O–H groups in total. The Morgan fingerprint density at radius 3 is 2.83 bits per heavy atom. The van der Waals surface area contributed by atoms with Crippen LogP contribution >= 0.6 is 0 Å². The zero-order valence-corrected chi connectivity index (χ0v) is 11.0. The minimum atomic E-state index is -0.996. The van der Waals surface area contributed by atoms with Crippen LogP contribution in [-0.2, 0) is 6.54 Å². The fourth-order valence-corrected chi connectivity index (χ4v) is 2.70. The molecule has 2 rings (SSSR count). The third-order valence-corrected chi connectivity index (χ3v) is 3.81. The van der Waals surface area contributed by atoms with Gasteiger partial charge in [0.25, 0.3) is 0 Å². The highest BCUT2D eigenvalue weighted by atomic mass is 16.4. The Labute approximate surface area is 107 Å². The Morgan fingerprint density at radius 2 is 2.22 bits per heavy atom. The summed E-state index contributed by atoms with van der Waals surface area (Å²) in [5.74, 6) is 0.463. The van der Waals surface area contributed by atoms with Crippen LogP contribution in [0.4, 0.5) is 0 Å². The number of rotatable bonds is 4. The Bertz CT molecular complexity index is 425. The van der Waals surface area contributed by atoms with E-state index in [1.807, 2.05) is 6.07 Å². The molecule has 1 fully saturated rings. The van der Waals surface area contributed by atoms with E-state index in [-0.39, 0.29) is 5.76 Å². The molecule has 0 amide bonds. The first-order valence-electron chi connectivity index (χ1n) is 6.64. The maximum absolute atomic E-state index is 10.9. The third-order valence-electron chi connectivity index (χ3n) is 3.81. The van der Waals surface area contributed by atoms with Crippen molar-refractivity contribution in [3.63, 3.8) is 0 Å². The fraction of sp³-hybridized carbons (Fsp3) is 0.643. The summed E-state index contributed by atoms with van der Waals surface area (Å²) in [5, 5.41) is 12.4. The highest BCUT2D eigenvalue weighted by molar-refractivity contribution is 5.86. The average Bonchev–Trinajstić information content (AvgIpc) is 2.70. The van der Waals surface area contributed by atoms with Gasteiger partial charge in [-0.2, -0.15) is 0 Å². The van der Waals surface area contributed by atoms with Crippen LogP contribution in [0.25, 0.3) is 0 Å². The minimum Gasteiger partial charge on any atom is -0.475 e. The van der Waals surface area contributed by atoms with Crippen molar-refractivity contribution in [2.75, 3.05) is 0 Å². The zero-order chi connectivity index (χ0) is 13.1. The van der Waals surface area contributed by atoms with Crippen molar-refractivity contribution >= 4 is 5.97 Å². The van der Waals surface area contributed by atoms with Crippen molar-refractivity contribution in [3.05, 3.63) is 23.2 Å². The van der Waals surface area contributed by atoms with Gasteiger partial charge in [0.2, 0.25) is 5.76 Å². The lowest BCUT2D eigenvalue weighted by Crippen LogP contribution is -2.36. The molecule has 4 nitrogen and oxygen atoms in total. The molecular formula is C14H21NO3. The van der Waals surface area contributed by atoms with E-state index < -0.39 is 5.97 Å². The summed E-state index contributed by atoms with van der Waals surface area (Å²) in [5.41, 5.74) is 0.691. The summed E-state index contributed by atoms with van der Waals surface area (Å²) < 4.78 is 5.34. The van der Waals surface area contributed by atoms with Crippen LogP contribution in [0.2, 0.25) is 0 Å². The van der Waals surface area contributed by atoms with Crippen LogP contribution < -0.4 is 5.32 Å². The number of carbonyl (C=O) groups is 1. The monoisotopic (exact) mass is 251 g/mol. The van der Waals surface area contributed by atoms with Crippen LogP contribution in [0, 0.1) is 12.8 Å². The number of aryl methyl sites for hydroxylation is 1. The maximum atomic E-state index is 10.9. The lowest BCUT2D eigenvalue weighted by molar-refractivity contribution is 0.0659. The van der Waals surface area contributed by atoms with Crippen molar-refractivity contribution in [2.45, 2.75) is 52.1 Å². The van der Waals surface area contributed by atoms with Crippen molar-refractivity contribution < 1.29 is 14.3 Å². The molecule has 1 heterocycles. The van der Waals surface area contributed by atoms with Gasteiger partial charge in [-0.25, -0.2) is 4.79 Å². The van der Waals surface area contributed by atoms with Gasteiger partial charge in [-0.3, -0.25) is 0 Å². The van der Waals surface area contributed by atoms with E-state index in [9.17, 15) is 4.79 Å². The van der Waals surface area contributed by atoms with Crippen molar-refractivity contribution in [3.8, 4) is 0 Å². The normalized spacial score (nSPS) is 24.1. The van der Waals surface area contributed by atoms with Crippen LogP contribution in [0.3, 0.4) is 0 Å². The second-order valence-corrected chi connectivity index (χ2v) is 5.28. The number of hydrogen-bond donors (Lipinski definition) is 2. The number of carboxylic acids is 1. The molecule has 1 aliphatic carbocycles. The quantitative estimate of drug-likeness (QED) is 0.863. The molecular weight excluding hydrogens is 230 g/mol. The van der Waals surface area contributed by atoms with Crippen molar-refractivity contribution in [1.82, 2.24) is 5.32 Å². The molecule has 1 aliphatic rings. The van der Waals surface area contributed by atoms with Crippen molar-refractivity contribution in [2.24, 2.45) is 5.92 Å². The molecule has 0 aromatic carbocycles. The number of aromatic carboxylic acids is 1. The Kier molecular flexibility index (Phi) is 4.07. The molecule has 0 aliphatic heterocycles. The summed E-state index contributed by atoms with van der Waals surface area (Å²) in [7, 11) is 0. The number of carboxylic acid groups (broad SMARTS) is 1. The van der Waals surface area contributed by atoms with E-state index in [0.29, 0.717) is 29.8 Å². The van der Waals surface area contributed by atoms with Gasteiger partial charge in [-0.1, -0.05) is 19.8 Å². The first kappa shape index (κ1) is 13.1. The summed E-state index contributed by atoms with van der Waals surface area (Å²) in [6, 6.07) is 2.33. The SMILES string of the molecule is Cc1cc(CNC2CCCCC2C)oc1C(=O)O. The molecule has 2 atom stereocenters. The Morgan fingerprint density at radius 1 is 1.50 bits per heavy atom. The van der Waals surface area contributed by atoms with Gasteiger partial charge in [0.15, 0.2) is 0 Å². The predicted molar refractivity (Wildman–Crippen MR) is 68.7 cm³/mol. The van der Waals surface area contributed by atoms with E-state index in [1.165, 1.54) is 25.7 Å². The van der Waals surface area contributed by atoms with Crippen molar-refractivity contribution in [1.29, 1.82) is 0 Å². The molecule has 1 aromatic heterocycles. The molecule has 0 radical (unpaired) electrons. The molecule has 100 valence electrons. The summed E-state index contributed by atoms with van der Waals surface area (Å²) in [6.07, 6.45) is 5.07. The van der Waals surface area contributed by atoms with E-state index in [0.717, 1.165) is 0 Å². The molecule has 0 spiro atoms. The van der Waals surface area contributed by atoms with Gasteiger partial charge in [0.05, 0.1) is 6.54 Å². The molecule has 1 aromatic rings. The van der Waals surface area contributed by atoms with E-state index in [2.05, 4.69) is 12.2 Å².